The molecular weight excluding hydrogens is 402 g/mol. The number of carbonyl (C=O) groups excluding carboxylic acids is 3. The summed E-state index contributed by atoms with van der Waals surface area (Å²) in [4.78, 5) is 42.2. The normalized spacial score (nSPS) is 18.9. The first kappa shape index (κ1) is 25.6. The second kappa shape index (κ2) is 12.4. The molecule has 0 aliphatic carbocycles. The van der Waals surface area contributed by atoms with Gasteiger partial charge < -0.3 is 15.1 Å². The molecule has 1 aliphatic heterocycles. The van der Waals surface area contributed by atoms with Crippen molar-refractivity contribution in [1.29, 1.82) is 0 Å². The molecule has 1 N–H and O–H groups in total. The number of nitrogens with zero attached hydrogens (tertiary/aromatic N) is 2. The summed E-state index contributed by atoms with van der Waals surface area (Å²) in [5.41, 5.74) is 1.17. The molecule has 3 amide bonds. The monoisotopic (exact) mass is 441 g/mol. The van der Waals surface area contributed by atoms with Crippen LogP contribution in [0.1, 0.15) is 65.9 Å². The zero-order chi connectivity index (χ0) is 23.7. The van der Waals surface area contributed by atoms with Gasteiger partial charge in [-0.15, -0.1) is 0 Å². The van der Waals surface area contributed by atoms with Gasteiger partial charge in [0.2, 0.25) is 17.7 Å². The van der Waals surface area contributed by atoms with Crippen molar-refractivity contribution in [3.63, 3.8) is 0 Å². The lowest BCUT2D eigenvalue weighted by molar-refractivity contribution is -0.148. The van der Waals surface area contributed by atoms with Crippen LogP contribution in [0.25, 0.3) is 0 Å². The molecule has 0 aromatic heterocycles. The Labute approximate surface area is 193 Å². The van der Waals surface area contributed by atoms with E-state index in [4.69, 9.17) is 0 Å². The third-order valence-corrected chi connectivity index (χ3v) is 6.37. The van der Waals surface area contributed by atoms with Crippen LogP contribution in [-0.4, -0.2) is 46.1 Å². The molecule has 2 rings (SSSR count). The maximum absolute atomic E-state index is 13.5. The van der Waals surface area contributed by atoms with Crippen LogP contribution in [0.3, 0.4) is 0 Å². The molecule has 0 radical (unpaired) electrons. The van der Waals surface area contributed by atoms with Crippen molar-refractivity contribution in [2.45, 2.75) is 78.8 Å². The molecule has 0 unspecified atom stereocenters. The predicted octanol–water partition coefficient (Wildman–Crippen LogP) is 4.12. The lowest BCUT2D eigenvalue weighted by atomic mass is 9.90. The van der Waals surface area contributed by atoms with Gasteiger partial charge in [-0.25, -0.2) is 0 Å². The van der Waals surface area contributed by atoms with Gasteiger partial charge in [-0.1, -0.05) is 77.3 Å². The van der Waals surface area contributed by atoms with Gasteiger partial charge >= 0.3 is 0 Å². The summed E-state index contributed by atoms with van der Waals surface area (Å²) in [5.74, 6) is -0.513. The third kappa shape index (κ3) is 6.68. The zero-order valence-corrected chi connectivity index (χ0v) is 20.2. The summed E-state index contributed by atoms with van der Waals surface area (Å²) in [5, 5.41) is 2.81. The van der Waals surface area contributed by atoms with E-state index in [0.29, 0.717) is 6.54 Å². The van der Waals surface area contributed by atoms with Crippen molar-refractivity contribution in [1.82, 2.24) is 15.1 Å². The van der Waals surface area contributed by atoms with Crippen molar-refractivity contribution < 1.29 is 14.4 Å². The molecule has 4 atom stereocenters. The lowest BCUT2D eigenvalue weighted by Crippen LogP contribution is -2.59. The number of amides is 3. The molecule has 0 spiro atoms. The molecule has 6 heteroatoms. The van der Waals surface area contributed by atoms with E-state index in [2.05, 4.69) is 24.4 Å². The van der Waals surface area contributed by atoms with Crippen LogP contribution in [0.2, 0.25) is 0 Å². The van der Waals surface area contributed by atoms with E-state index in [1.807, 2.05) is 39.0 Å². The minimum absolute atomic E-state index is 0.0190. The van der Waals surface area contributed by atoms with Crippen molar-refractivity contribution in [2.24, 2.45) is 11.8 Å². The number of unbranched alkanes of at least 4 members (excludes halogenated alkanes) is 1. The van der Waals surface area contributed by atoms with E-state index in [0.717, 1.165) is 32.1 Å². The number of benzene rings is 1. The van der Waals surface area contributed by atoms with Crippen LogP contribution in [0, 0.1) is 11.8 Å². The smallest absolute Gasteiger partial charge is 0.250 e. The van der Waals surface area contributed by atoms with Gasteiger partial charge in [0, 0.05) is 25.9 Å². The number of nitrogens with one attached hydrogen (secondary N) is 1. The van der Waals surface area contributed by atoms with E-state index in [-0.39, 0.29) is 29.6 Å². The lowest BCUT2D eigenvalue weighted by Gasteiger charge is -2.41. The van der Waals surface area contributed by atoms with Gasteiger partial charge in [-0.05, 0) is 30.2 Å². The zero-order valence-electron chi connectivity index (χ0n) is 20.2. The standard InChI is InChI=1S/C26H39N3O3/c1-6-8-12-20(4)24-26(32)28(16-15-22-13-10-9-11-14-22)17-18-29(24)25(31)23(19(3)7-2)27-21(5)30/h9-11,13-14,17-20,23-24H,6-8,12,15-16H2,1-5H3,(H,27,30)/t19-,20-,23+,24-/m0/s1. The fraction of sp³-hybridized carbons (Fsp3) is 0.577. The average Bonchev–Trinajstić information content (AvgIpc) is 2.79. The molecule has 6 nitrogen and oxygen atoms in total. The van der Waals surface area contributed by atoms with E-state index in [9.17, 15) is 14.4 Å². The van der Waals surface area contributed by atoms with Crippen molar-refractivity contribution >= 4 is 17.7 Å². The molecule has 1 aromatic carbocycles. The molecule has 1 aliphatic rings. The number of rotatable bonds is 11. The fourth-order valence-corrected chi connectivity index (χ4v) is 4.16. The minimum atomic E-state index is -0.647. The highest BCUT2D eigenvalue weighted by atomic mass is 16.2. The molecule has 176 valence electrons. The summed E-state index contributed by atoms with van der Waals surface area (Å²) < 4.78 is 0. The summed E-state index contributed by atoms with van der Waals surface area (Å²) >= 11 is 0. The Bertz CT molecular complexity index is 793. The van der Waals surface area contributed by atoms with Gasteiger partial charge in [0.25, 0.3) is 0 Å². The molecule has 0 bridgehead atoms. The number of hydrogen-bond acceptors (Lipinski definition) is 3. The van der Waals surface area contributed by atoms with E-state index in [1.54, 1.807) is 22.2 Å². The predicted molar refractivity (Wildman–Crippen MR) is 127 cm³/mol. The first-order valence-electron chi connectivity index (χ1n) is 11.9. The first-order chi connectivity index (χ1) is 15.3. The van der Waals surface area contributed by atoms with Gasteiger partial charge in [-0.3, -0.25) is 14.4 Å². The first-order valence-corrected chi connectivity index (χ1v) is 11.9. The van der Waals surface area contributed by atoms with Crippen LogP contribution < -0.4 is 5.32 Å². The number of carbonyl (C=O) groups is 3. The average molecular weight is 442 g/mol. The Morgan fingerprint density at radius 3 is 2.38 bits per heavy atom. The Morgan fingerprint density at radius 2 is 1.78 bits per heavy atom. The van der Waals surface area contributed by atoms with Crippen LogP contribution >= 0.6 is 0 Å². The molecule has 1 aromatic rings. The quantitative estimate of drug-likeness (QED) is 0.562. The fourth-order valence-electron chi connectivity index (χ4n) is 4.16. The Kier molecular flexibility index (Phi) is 9.95. The Morgan fingerprint density at radius 1 is 1.09 bits per heavy atom. The highest BCUT2D eigenvalue weighted by Gasteiger charge is 2.41. The molecule has 0 saturated heterocycles. The summed E-state index contributed by atoms with van der Waals surface area (Å²) in [7, 11) is 0. The topological polar surface area (TPSA) is 69.7 Å². The van der Waals surface area contributed by atoms with E-state index in [1.165, 1.54) is 12.5 Å². The molecule has 0 saturated carbocycles. The molecule has 0 fully saturated rings. The maximum Gasteiger partial charge on any atom is 0.250 e. The Balaban J connectivity index is 2.28. The van der Waals surface area contributed by atoms with E-state index < -0.39 is 12.1 Å². The second-order valence-corrected chi connectivity index (χ2v) is 8.94. The number of hydrogen-bond donors (Lipinski definition) is 1. The van der Waals surface area contributed by atoms with Crippen molar-refractivity contribution in [3.8, 4) is 0 Å². The van der Waals surface area contributed by atoms with Gasteiger partial charge in [0.15, 0.2) is 0 Å². The minimum Gasteiger partial charge on any atom is -0.344 e. The highest BCUT2D eigenvalue weighted by Crippen LogP contribution is 2.26. The summed E-state index contributed by atoms with van der Waals surface area (Å²) in [6.45, 7) is 10.1. The van der Waals surface area contributed by atoms with E-state index >= 15 is 0 Å². The largest absolute Gasteiger partial charge is 0.344 e. The van der Waals surface area contributed by atoms with Gasteiger partial charge in [-0.2, -0.15) is 0 Å². The third-order valence-electron chi connectivity index (χ3n) is 6.37. The summed E-state index contributed by atoms with van der Waals surface area (Å²) in [6, 6.07) is 8.88. The van der Waals surface area contributed by atoms with Crippen LogP contribution in [0.15, 0.2) is 42.7 Å². The van der Waals surface area contributed by atoms with Crippen molar-refractivity contribution in [3.05, 3.63) is 48.3 Å². The van der Waals surface area contributed by atoms with Gasteiger partial charge in [0.05, 0.1) is 0 Å². The molecular formula is C26H39N3O3. The van der Waals surface area contributed by atoms with Crippen LogP contribution in [0.5, 0.6) is 0 Å². The molecule has 1 heterocycles. The maximum atomic E-state index is 13.5. The summed E-state index contributed by atoms with van der Waals surface area (Å²) in [6.07, 6.45) is 7.86. The Hall–Kier alpha value is -2.63. The SMILES string of the molecule is CCCC[C@H](C)[C@H]1C(=O)N(CCc2ccccc2)C=CN1C(=O)[C@H](NC(C)=O)[C@@H](C)CC. The van der Waals surface area contributed by atoms with Gasteiger partial charge in [0.1, 0.15) is 12.1 Å². The second-order valence-electron chi connectivity index (χ2n) is 8.94. The molecule has 32 heavy (non-hydrogen) atoms. The van der Waals surface area contributed by atoms with Crippen molar-refractivity contribution in [2.75, 3.05) is 6.54 Å². The van der Waals surface area contributed by atoms with Crippen LogP contribution in [-0.2, 0) is 20.8 Å². The van der Waals surface area contributed by atoms with Crippen LogP contribution in [0.4, 0.5) is 0 Å². The highest BCUT2D eigenvalue weighted by molar-refractivity contribution is 5.94.